The van der Waals surface area contributed by atoms with E-state index in [-0.39, 0.29) is 38.5 Å². The van der Waals surface area contributed by atoms with Crippen molar-refractivity contribution in [3.63, 3.8) is 0 Å². The minimum Gasteiger partial charge on any atom is -0.217 e. The smallest absolute Gasteiger partial charge is 0.0894 e. The molecule has 0 spiro atoms. The van der Waals surface area contributed by atoms with E-state index in [1.54, 1.807) is 6.07 Å². The predicted octanol–water partition coefficient (Wildman–Crippen LogP) is 6.19. The summed E-state index contributed by atoms with van der Waals surface area (Å²) in [7, 11) is 0. The van der Waals surface area contributed by atoms with Crippen molar-refractivity contribution in [2.24, 2.45) is 0 Å². The Hall–Kier alpha value is -1.83. The Kier molecular flexibility index (Phi) is 3.87. The van der Waals surface area contributed by atoms with Crippen LogP contribution in [0.4, 0.5) is 4.39 Å². The van der Waals surface area contributed by atoms with E-state index < -0.39 is 0 Å². The van der Waals surface area contributed by atoms with Crippen molar-refractivity contribution in [1.82, 2.24) is 0 Å². The first-order valence-electron chi connectivity index (χ1n) is 7.66. The minimum absolute atomic E-state index is 0. The average Bonchev–Trinajstić information content (AvgIpc) is 2.60. The minimum atomic E-state index is -0.209. The summed E-state index contributed by atoms with van der Waals surface area (Å²) in [6.45, 7) is 0. The maximum Gasteiger partial charge on any atom is 0.0894 e. The number of halogens is 1. The van der Waals surface area contributed by atoms with Gasteiger partial charge in [0.15, 0.2) is 0 Å². The third kappa shape index (κ3) is 2.19. The van der Waals surface area contributed by atoms with Crippen LogP contribution in [-0.4, -0.2) is 0 Å². The van der Waals surface area contributed by atoms with E-state index in [0.717, 1.165) is 16.3 Å². The second kappa shape index (κ2) is 5.91. The molecule has 5 aromatic rings. The maximum absolute atomic E-state index is 14.3. The van der Waals surface area contributed by atoms with Gasteiger partial charge in [-0.2, -0.15) is 0 Å². The van der Waals surface area contributed by atoms with Crippen molar-refractivity contribution in [2.75, 3.05) is 0 Å². The van der Waals surface area contributed by atoms with Crippen molar-refractivity contribution in [1.29, 1.82) is 0 Å². The monoisotopic (exact) mass is 384 g/mol. The molecule has 2 heteroatoms. The van der Waals surface area contributed by atoms with Crippen molar-refractivity contribution >= 4 is 32.3 Å². The molecule has 5 aromatic carbocycles. The summed E-state index contributed by atoms with van der Waals surface area (Å²) in [4.78, 5) is 0. The standard InChI is InChI=1S/C22H12F.Y/c23-20-7-2-1-6-18(20)17-12-10-16-9-8-14-4-3-5-15-11-13-19(17)22(16)21(14)15;/h1-11,13H;/q-1;. The molecule has 0 aliphatic rings. The Labute approximate surface area is 164 Å². The van der Waals surface area contributed by atoms with Crippen LogP contribution in [0.2, 0.25) is 0 Å². The van der Waals surface area contributed by atoms with Gasteiger partial charge in [-0.1, -0.05) is 82.4 Å². The Morgan fingerprint density at radius 1 is 0.667 bits per heavy atom. The van der Waals surface area contributed by atoms with E-state index in [4.69, 9.17) is 0 Å². The molecular weight excluding hydrogens is 372 g/mol. The van der Waals surface area contributed by atoms with Gasteiger partial charge in [0.2, 0.25) is 0 Å². The maximum atomic E-state index is 14.3. The molecule has 0 N–H and O–H groups in total. The Morgan fingerprint density at radius 3 is 2.17 bits per heavy atom. The number of hydrogen-bond acceptors (Lipinski definition) is 0. The van der Waals surface area contributed by atoms with Crippen LogP contribution < -0.4 is 0 Å². The number of hydrogen-bond donors (Lipinski definition) is 0. The number of benzene rings is 5. The molecule has 0 amide bonds. The molecule has 5 rings (SSSR count). The van der Waals surface area contributed by atoms with Gasteiger partial charge in [0.1, 0.15) is 0 Å². The summed E-state index contributed by atoms with van der Waals surface area (Å²) in [5.41, 5.74) is 1.43. The fourth-order valence-electron chi connectivity index (χ4n) is 3.55. The van der Waals surface area contributed by atoms with Crippen LogP contribution in [0.5, 0.6) is 0 Å². The first-order valence-corrected chi connectivity index (χ1v) is 7.66. The van der Waals surface area contributed by atoms with Crippen LogP contribution >= 0.6 is 0 Å². The molecule has 24 heavy (non-hydrogen) atoms. The fraction of sp³-hybridized carbons (Fsp3) is 0. The quantitative estimate of drug-likeness (QED) is 0.239. The van der Waals surface area contributed by atoms with E-state index >= 15 is 0 Å². The molecular formula is C22H12FY-. The summed E-state index contributed by atoms with van der Waals surface area (Å²) in [5.74, 6) is -0.209. The second-order valence-electron chi connectivity index (χ2n) is 5.87. The fourth-order valence-corrected chi connectivity index (χ4v) is 3.55. The third-order valence-corrected chi connectivity index (χ3v) is 4.59. The summed E-state index contributed by atoms with van der Waals surface area (Å²) < 4.78 is 14.3. The van der Waals surface area contributed by atoms with Crippen molar-refractivity contribution in [3.8, 4) is 11.1 Å². The zero-order chi connectivity index (χ0) is 15.4. The van der Waals surface area contributed by atoms with Crippen molar-refractivity contribution < 1.29 is 37.1 Å². The van der Waals surface area contributed by atoms with Gasteiger partial charge in [0.25, 0.3) is 0 Å². The molecule has 0 nitrogen and oxygen atoms in total. The molecule has 0 bridgehead atoms. The van der Waals surface area contributed by atoms with E-state index in [1.807, 2.05) is 18.2 Å². The summed E-state index contributed by atoms with van der Waals surface area (Å²) in [6.07, 6.45) is 0. The molecule has 0 aliphatic carbocycles. The molecule has 0 saturated heterocycles. The summed E-state index contributed by atoms with van der Waals surface area (Å²) >= 11 is 0. The zero-order valence-electron chi connectivity index (χ0n) is 12.9. The molecule has 0 aromatic heterocycles. The van der Waals surface area contributed by atoms with Gasteiger partial charge in [-0.25, -0.2) is 4.39 Å². The zero-order valence-corrected chi connectivity index (χ0v) is 15.7. The van der Waals surface area contributed by atoms with Crippen LogP contribution in [-0.2, 0) is 32.7 Å². The van der Waals surface area contributed by atoms with Gasteiger partial charge >= 0.3 is 0 Å². The summed E-state index contributed by atoms with van der Waals surface area (Å²) in [6, 6.07) is 26.9. The van der Waals surface area contributed by atoms with Crippen LogP contribution in [0.3, 0.4) is 0 Å². The molecule has 111 valence electrons. The van der Waals surface area contributed by atoms with Gasteiger partial charge in [-0.15, -0.1) is 17.7 Å². The van der Waals surface area contributed by atoms with Crippen LogP contribution in [0.1, 0.15) is 0 Å². The second-order valence-corrected chi connectivity index (χ2v) is 5.87. The molecule has 0 fully saturated rings. The van der Waals surface area contributed by atoms with Gasteiger partial charge < -0.3 is 0 Å². The largest absolute Gasteiger partial charge is 0.217 e. The molecule has 0 unspecified atom stereocenters. The van der Waals surface area contributed by atoms with E-state index in [2.05, 4.69) is 48.5 Å². The number of rotatable bonds is 1. The first kappa shape index (κ1) is 15.7. The molecule has 1 radical (unpaired) electrons. The van der Waals surface area contributed by atoms with Crippen LogP contribution in [0.15, 0.2) is 72.8 Å². The molecule has 0 saturated carbocycles. The molecule has 0 aliphatic heterocycles. The van der Waals surface area contributed by atoms with Crippen LogP contribution in [0.25, 0.3) is 43.4 Å². The van der Waals surface area contributed by atoms with E-state index in [9.17, 15) is 4.39 Å². The third-order valence-electron chi connectivity index (χ3n) is 4.59. The van der Waals surface area contributed by atoms with Gasteiger partial charge in [-0.3, -0.25) is 0 Å². The predicted molar refractivity (Wildman–Crippen MR) is 94.4 cm³/mol. The Balaban J connectivity index is 0.00000146. The summed E-state index contributed by atoms with van der Waals surface area (Å²) in [5, 5.41) is 7.06. The topological polar surface area (TPSA) is 0 Å². The van der Waals surface area contributed by atoms with E-state index in [0.29, 0.717) is 5.56 Å². The Bertz CT molecular complexity index is 1160. The Morgan fingerprint density at radius 2 is 1.38 bits per heavy atom. The normalized spacial score (nSPS) is 11.2. The van der Waals surface area contributed by atoms with Crippen molar-refractivity contribution in [2.45, 2.75) is 0 Å². The SMILES string of the molecule is Fc1ccccc1-c1[c-]cc2ccc3cccc4ccc1c2c34.[Y]. The van der Waals surface area contributed by atoms with Gasteiger partial charge in [-0.05, 0) is 22.2 Å². The van der Waals surface area contributed by atoms with E-state index in [1.165, 1.54) is 27.6 Å². The van der Waals surface area contributed by atoms with Crippen LogP contribution in [0, 0.1) is 11.9 Å². The molecule has 0 heterocycles. The van der Waals surface area contributed by atoms with Gasteiger partial charge in [0.05, 0.1) is 5.82 Å². The van der Waals surface area contributed by atoms with Gasteiger partial charge in [0, 0.05) is 32.7 Å². The first-order chi connectivity index (χ1) is 11.3. The molecule has 0 atom stereocenters. The van der Waals surface area contributed by atoms with Crippen molar-refractivity contribution in [3.05, 3.63) is 84.7 Å². The average molecular weight is 384 g/mol.